The lowest BCUT2D eigenvalue weighted by Crippen LogP contribution is -1.95. The third-order valence-electron chi connectivity index (χ3n) is 2.81. The van der Waals surface area contributed by atoms with E-state index in [1.54, 1.807) is 11.3 Å². The lowest BCUT2D eigenvalue weighted by atomic mass is 10.2. The summed E-state index contributed by atoms with van der Waals surface area (Å²) >= 11 is 1.74. The summed E-state index contributed by atoms with van der Waals surface area (Å²) in [5, 5.41) is 4.38. The van der Waals surface area contributed by atoms with E-state index in [4.69, 9.17) is 0 Å². The van der Waals surface area contributed by atoms with Gasteiger partial charge in [-0.25, -0.2) is 4.98 Å². The van der Waals surface area contributed by atoms with Gasteiger partial charge in [-0.05, 0) is 43.3 Å². The number of para-hydroxylation sites is 1. The van der Waals surface area contributed by atoms with E-state index >= 15 is 0 Å². The van der Waals surface area contributed by atoms with Gasteiger partial charge in [0.15, 0.2) is 0 Å². The highest BCUT2D eigenvalue weighted by Crippen LogP contribution is 2.30. The van der Waals surface area contributed by atoms with Gasteiger partial charge < -0.3 is 5.32 Å². The molecule has 0 aliphatic heterocycles. The van der Waals surface area contributed by atoms with Gasteiger partial charge in [0.25, 0.3) is 0 Å². The minimum Gasteiger partial charge on any atom is -0.385 e. The number of aromatic nitrogens is 1. The molecule has 3 heteroatoms. The van der Waals surface area contributed by atoms with E-state index in [1.807, 2.05) is 6.07 Å². The number of thiazole rings is 1. The molecule has 0 fully saturated rings. The summed E-state index contributed by atoms with van der Waals surface area (Å²) in [6.07, 6.45) is 0. The van der Waals surface area contributed by atoms with Crippen LogP contribution in [0, 0.1) is 0 Å². The summed E-state index contributed by atoms with van der Waals surface area (Å²) < 4.78 is 1.24. The molecular formula is C15H14N2S. The first kappa shape index (κ1) is 11.2. The highest BCUT2D eigenvalue weighted by atomic mass is 32.1. The van der Waals surface area contributed by atoms with E-state index in [0.29, 0.717) is 0 Å². The second-order valence-corrected chi connectivity index (χ2v) is 5.13. The Kier molecular flexibility index (Phi) is 2.99. The van der Waals surface area contributed by atoms with Crippen LogP contribution < -0.4 is 5.32 Å². The average molecular weight is 254 g/mol. The van der Waals surface area contributed by atoms with E-state index < -0.39 is 0 Å². The molecule has 3 rings (SSSR count). The van der Waals surface area contributed by atoms with Crippen LogP contribution in [0.1, 0.15) is 6.92 Å². The van der Waals surface area contributed by atoms with Crippen LogP contribution in [0.25, 0.3) is 20.8 Å². The van der Waals surface area contributed by atoms with Crippen LogP contribution in [-0.2, 0) is 0 Å². The molecule has 1 aromatic heterocycles. The second-order valence-electron chi connectivity index (χ2n) is 4.09. The molecule has 0 aliphatic carbocycles. The van der Waals surface area contributed by atoms with Crippen molar-refractivity contribution < 1.29 is 0 Å². The first-order valence-electron chi connectivity index (χ1n) is 6.06. The Labute approximate surface area is 110 Å². The molecular weight excluding hydrogens is 240 g/mol. The van der Waals surface area contributed by atoms with E-state index in [0.717, 1.165) is 22.8 Å². The predicted octanol–water partition coefficient (Wildman–Crippen LogP) is 4.40. The van der Waals surface area contributed by atoms with Crippen LogP contribution in [0.15, 0.2) is 48.5 Å². The Morgan fingerprint density at radius 3 is 2.56 bits per heavy atom. The lowest BCUT2D eigenvalue weighted by molar-refractivity contribution is 1.21. The van der Waals surface area contributed by atoms with E-state index in [1.165, 1.54) is 10.3 Å². The SMILES string of the molecule is CCNc1ccc(-c2nc3ccccc3s2)cc1. The van der Waals surface area contributed by atoms with Gasteiger partial charge in [-0.1, -0.05) is 12.1 Å². The molecule has 3 aromatic rings. The monoisotopic (exact) mass is 254 g/mol. The molecule has 0 saturated carbocycles. The molecule has 90 valence electrons. The fourth-order valence-corrected chi connectivity index (χ4v) is 2.90. The Bertz CT molecular complexity index is 623. The fourth-order valence-electron chi connectivity index (χ4n) is 1.93. The van der Waals surface area contributed by atoms with Gasteiger partial charge in [-0.15, -0.1) is 11.3 Å². The number of benzene rings is 2. The van der Waals surface area contributed by atoms with Crippen molar-refractivity contribution in [2.45, 2.75) is 6.92 Å². The van der Waals surface area contributed by atoms with Crippen molar-refractivity contribution in [1.29, 1.82) is 0 Å². The Morgan fingerprint density at radius 2 is 1.83 bits per heavy atom. The van der Waals surface area contributed by atoms with Crippen molar-refractivity contribution in [3.8, 4) is 10.6 Å². The van der Waals surface area contributed by atoms with Crippen molar-refractivity contribution in [3.63, 3.8) is 0 Å². The minimum atomic E-state index is 0.945. The molecule has 2 aromatic carbocycles. The predicted molar refractivity (Wildman–Crippen MR) is 79.2 cm³/mol. The number of anilines is 1. The van der Waals surface area contributed by atoms with Gasteiger partial charge in [0.1, 0.15) is 5.01 Å². The number of nitrogens with one attached hydrogen (secondary N) is 1. The van der Waals surface area contributed by atoms with Gasteiger partial charge in [0, 0.05) is 17.8 Å². The first-order valence-corrected chi connectivity index (χ1v) is 6.88. The van der Waals surface area contributed by atoms with Crippen LogP contribution in [0.5, 0.6) is 0 Å². The minimum absolute atomic E-state index is 0.945. The summed E-state index contributed by atoms with van der Waals surface area (Å²) in [6, 6.07) is 16.7. The van der Waals surface area contributed by atoms with E-state index in [-0.39, 0.29) is 0 Å². The molecule has 1 N–H and O–H groups in total. The molecule has 1 heterocycles. The summed E-state index contributed by atoms with van der Waals surface area (Å²) in [5.74, 6) is 0. The van der Waals surface area contributed by atoms with Crippen LogP contribution in [-0.4, -0.2) is 11.5 Å². The summed E-state index contributed by atoms with van der Waals surface area (Å²) in [6.45, 7) is 3.04. The maximum atomic E-state index is 4.66. The third-order valence-corrected chi connectivity index (χ3v) is 3.89. The number of fused-ring (bicyclic) bond motifs is 1. The number of nitrogens with zero attached hydrogens (tertiary/aromatic N) is 1. The largest absolute Gasteiger partial charge is 0.385 e. The normalized spacial score (nSPS) is 10.7. The van der Waals surface area contributed by atoms with Crippen molar-refractivity contribution >= 4 is 27.2 Å². The van der Waals surface area contributed by atoms with E-state index in [2.05, 4.69) is 59.7 Å². The first-order chi connectivity index (χ1) is 8.86. The maximum absolute atomic E-state index is 4.66. The van der Waals surface area contributed by atoms with Crippen LogP contribution in [0.4, 0.5) is 5.69 Å². The van der Waals surface area contributed by atoms with Gasteiger partial charge in [0.2, 0.25) is 0 Å². The Balaban J connectivity index is 1.98. The topological polar surface area (TPSA) is 24.9 Å². The highest BCUT2D eigenvalue weighted by Gasteiger charge is 2.05. The molecule has 0 atom stereocenters. The van der Waals surface area contributed by atoms with Gasteiger partial charge in [0.05, 0.1) is 10.2 Å². The number of rotatable bonds is 3. The summed E-state index contributed by atoms with van der Waals surface area (Å²) in [5.41, 5.74) is 3.41. The van der Waals surface area contributed by atoms with Crippen LogP contribution in [0.3, 0.4) is 0 Å². The zero-order valence-corrected chi connectivity index (χ0v) is 11.0. The van der Waals surface area contributed by atoms with Crippen molar-refractivity contribution in [3.05, 3.63) is 48.5 Å². The Morgan fingerprint density at radius 1 is 1.06 bits per heavy atom. The number of hydrogen-bond donors (Lipinski definition) is 1. The van der Waals surface area contributed by atoms with Gasteiger partial charge in [-0.2, -0.15) is 0 Å². The molecule has 0 spiro atoms. The number of hydrogen-bond acceptors (Lipinski definition) is 3. The molecule has 2 nitrogen and oxygen atoms in total. The second kappa shape index (κ2) is 4.78. The third kappa shape index (κ3) is 2.09. The van der Waals surface area contributed by atoms with E-state index in [9.17, 15) is 0 Å². The highest BCUT2D eigenvalue weighted by molar-refractivity contribution is 7.21. The van der Waals surface area contributed by atoms with Crippen molar-refractivity contribution in [2.75, 3.05) is 11.9 Å². The van der Waals surface area contributed by atoms with Crippen molar-refractivity contribution in [2.24, 2.45) is 0 Å². The quantitative estimate of drug-likeness (QED) is 0.749. The standard InChI is InChI=1S/C15H14N2S/c1-2-16-12-9-7-11(8-10-12)15-17-13-5-3-4-6-14(13)18-15/h3-10,16H,2H2,1H3. The molecule has 0 radical (unpaired) electrons. The molecule has 0 bridgehead atoms. The lowest BCUT2D eigenvalue weighted by Gasteiger charge is -2.03. The van der Waals surface area contributed by atoms with Gasteiger partial charge >= 0.3 is 0 Å². The summed E-state index contributed by atoms with van der Waals surface area (Å²) in [4.78, 5) is 4.66. The molecule has 0 saturated heterocycles. The van der Waals surface area contributed by atoms with Crippen LogP contribution in [0.2, 0.25) is 0 Å². The molecule has 18 heavy (non-hydrogen) atoms. The smallest absolute Gasteiger partial charge is 0.124 e. The maximum Gasteiger partial charge on any atom is 0.124 e. The zero-order valence-electron chi connectivity index (χ0n) is 10.2. The Hall–Kier alpha value is -1.87. The zero-order chi connectivity index (χ0) is 12.4. The summed E-state index contributed by atoms with van der Waals surface area (Å²) in [7, 11) is 0. The van der Waals surface area contributed by atoms with Crippen molar-refractivity contribution in [1.82, 2.24) is 4.98 Å². The molecule has 0 aliphatic rings. The molecule has 0 amide bonds. The fraction of sp³-hybridized carbons (Fsp3) is 0.133. The van der Waals surface area contributed by atoms with Gasteiger partial charge in [-0.3, -0.25) is 0 Å². The molecule has 0 unspecified atom stereocenters. The average Bonchev–Trinajstić information content (AvgIpc) is 2.84. The van der Waals surface area contributed by atoms with Crippen LogP contribution >= 0.6 is 11.3 Å².